The maximum absolute atomic E-state index is 12.6. The van der Waals surface area contributed by atoms with Crippen molar-refractivity contribution >= 4 is 5.78 Å². The quantitative estimate of drug-likeness (QED) is 0.667. The first kappa shape index (κ1) is 10.9. The van der Waals surface area contributed by atoms with Gasteiger partial charge in [0.25, 0.3) is 0 Å². The van der Waals surface area contributed by atoms with Gasteiger partial charge in [0.15, 0.2) is 0 Å². The highest BCUT2D eigenvalue weighted by Gasteiger charge is 2.91. The van der Waals surface area contributed by atoms with Gasteiger partial charge in [0.05, 0.1) is 12.2 Å². The fourth-order valence-corrected chi connectivity index (χ4v) is 7.28. The number of carbonyl (C=O) groups excluding carboxylic acids is 1. The average molecular weight is 259 g/mol. The van der Waals surface area contributed by atoms with Crippen LogP contribution in [-0.4, -0.2) is 35.4 Å². The molecule has 0 unspecified atom stereocenters. The molecule has 0 N–H and O–H groups in total. The van der Waals surface area contributed by atoms with Crippen molar-refractivity contribution in [2.75, 3.05) is 13.6 Å². The minimum atomic E-state index is -0.239. The summed E-state index contributed by atoms with van der Waals surface area (Å²) in [7, 11) is 2.27. The smallest absolute Gasteiger partial charge is 0.140 e. The van der Waals surface area contributed by atoms with E-state index in [0.29, 0.717) is 5.78 Å². The van der Waals surface area contributed by atoms with E-state index in [0.717, 1.165) is 19.4 Å². The van der Waals surface area contributed by atoms with Crippen molar-refractivity contribution in [2.45, 2.75) is 50.2 Å². The van der Waals surface area contributed by atoms with Crippen molar-refractivity contribution in [2.24, 2.45) is 16.7 Å². The number of carbonyl (C=O) groups is 1. The maximum atomic E-state index is 12.6. The molecule has 3 heteroatoms. The molecule has 4 fully saturated rings. The van der Waals surface area contributed by atoms with E-state index >= 15 is 0 Å². The van der Waals surface area contributed by atoms with Crippen LogP contribution in [0, 0.1) is 16.7 Å². The molecule has 0 aromatic rings. The van der Waals surface area contributed by atoms with Gasteiger partial charge in [0.2, 0.25) is 0 Å². The largest absolute Gasteiger partial charge is 0.494 e. The number of hydrogen-bond acceptors (Lipinski definition) is 3. The number of nitrogens with zero attached hydrogens (tertiary/aromatic N) is 1. The summed E-state index contributed by atoms with van der Waals surface area (Å²) in [5.41, 5.74) is 0.373. The summed E-state index contributed by atoms with van der Waals surface area (Å²) >= 11 is 0. The lowest BCUT2D eigenvalue weighted by Gasteiger charge is -2.72. The van der Waals surface area contributed by atoms with Crippen LogP contribution in [0.15, 0.2) is 12.3 Å². The summed E-state index contributed by atoms with van der Waals surface area (Å²) in [5, 5.41) is 0. The summed E-state index contributed by atoms with van der Waals surface area (Å²) in [5.74, 6) is 0.603. The molecule has 3 saturated carbocycles. The van der Waals surface area contributed by atoms with Crippen molar-refractivity contribution in [3.8, 4) is 0 Å². The highest BCUT2D eigenvalue weighted by Crippen LogP contribution is 2.86. The first-order valence-electron chi connectivity index (χ1n) is 7.64. The summed E-state index contributed by atoms with van der Waals surface area (Å²) in [6.07, 6.45) is 9.68. The van der Waals surface area contributed by atoms with Gasteiger partial charge in [0.1, 0.15) is 11.4 Å². The van der Waals surface area contributed by atoms with Gasteiger partial charge in [-0.3, -0.25) is 4.79 Å². The number of rotatable bonds is 0. The Balaban J connectivity index is 1.81. The van der Waals surface area contributed by atoms with Crippen molar-refractivity contribution in [1.82, 2.24) is 4.90 Å². The molecule has 0 amide bonds. The molecule has 2 aliphatic heterocycles. The van der Waals surface area contributed by atoms with Crippen molar-refractivity contribution in [1.29, 1.82) is 0 Å². The topological polar surface area (TPSA) is 29.5 Å². The Morgan fingerprint density at radius 1 is 1.32 bits per heavy atom. The van der Waals surface area contributed by atoms with Crippen LogP contribution in [0.3, 0.4) is 0 Å². The zero-order chi connectivity index (χ0) is 13.1. The van der Waals surface area contributed by atoms with Crippen LogP contribution in [0.5, 0.6) is 0 Å². The molecule has 2 heterocycles. The zero-order valence-electron chi connectivity index (χ0n) is 11.7. The van der Waals surface area contributed by atoms with E-state index in [1.54, 1.807) is 0 Å². The minimum Gasteiger partial charge on any atom is -0.494 e. The lowest BCUT2D eigenvalue weighted by atomic mass is 9.32. The van der Waals surface area contributed by atoms with Gasteiger partial charge < -0.3 is 9.64 Å². The predicted molar refractivity (Wildman–Crippen MR) is 70.4 cm³/mol. The Bertz CT molecular complexity index is 543. The Labute approximate surface area is 114 Å². The molecule has 3 aliphatic carbocycles. The van der Waals surface area contributed by atoms with E-state index < -0.39 is 0 Å². The first-order chi connectivity index (χ1) is 9.04. The second-order valence-corrected chi connectivity index (χ2v) is 7.57. The van der Waals surface area contributed by atoms with Gasteiger partial charge in [-0.15, -0.1) is 0 Å². The molecular weight excluding hydrogens is 238 g/mol. The second kappa shape index (κ2) is 2.65. The van der Waals surface area contributed by atoms with E-state index in [4.69, 9.17) is 4.74 Å². The SMILES string of the molecule is CN1CC[C@@]23[C@H]4C(=O)CC[C@@]12CC[C@@]31C=CO[C@]41C. The molecule has 5 rings (SSSR count). The minimum absolute atomic E-state index is 0.135. The molecule has 5 atom stereocenters. The number of fused-ring (bicyclic) bond motifs is 1. The third-order valence-corrected chi connectivity index (χ3v) is 7.83. The van der Waals surface area contributed by atoms with E-state index in [2.05, 4.69) is 24.9 Å². The van der Waals surface area contributed by atoms with Gasteiger partial charge in [0, 0.05) is 22.8 Å². The Morgan fingerprint density at radius 3 is 3.00 bits per heavy atom. The lowest BCUT2D eigenvalue weighted by molar-refractivity contribution is -0.273. The molecule has 2 spiro atoms. The van der Waals surface area contributed by atoms with Crippen LogP contribution < -0.4 is 0 Å². The van der Waals surface area contributed by atoms with Crippen molar-refractivity contribution < 1.29 is 9.53 Å². The van der Waals surface area contributed by atoms with Gasteiger partial charge in [-0.25, -0.2) is 0 Å². The molecule has 0 bridgehead atoms. The summed E-state index contributed by atoms with van der Waals surface area (Å²) < 4.78 is 6.02. The second-order valence-electron chi connectivity index (χ2n) is 7.57. The van der Waals surface area contributed by atoms with E-state index in [-0.39, 0.29) is 27.9 Å². The first-order valence-corrected chi connectivity index (χ1v) is 7.64. The standard InChI is InChI=1S/C16H21NO2/c1-13-12-11(18)3-4-15-6-5-14(13,8-10-19-13)16(12,15)7-9-17(15)2/h8,10,12H,3-7,9H2,1-2H3/t12-,13+,14-,15-,16-/m0/s1. The molecule has 0 aromatic heterocycles. The van der Waals surface area contributed by atoms with Crippen molar-refractivity contribution in [3.63, 3.8) is 0 Å². The van der Waals surface area contributed by atoms with Gasteiger partial charge >= 0.3 is 0 Å². The third kappa shape index (κ3) is 0.699. The van der Waals surface area contributed by atoms with Gasteiger partial charge in [-0.1, -0.05) is 0 Å². The number of ketones is 1. The van der Waals surface area contributed by atoms with E-state index in [9.17, 15) is 4.79 Å². The molecular formula is C16H21NO2. The normalized spacial score (nSPS) is 61.4. The fourth-order valence-electron chi connectivity index (χ4n) is 7.28. The number of ether oxygens (including phenoxy) is 1. The van der Waals surface area contributed by atoms with Crippen LogP contribution in [0.4, 0.5) is 0 Å². The summed E-state index contributed by atoms with van der Waals surface area (Å²) in [6.45, 7) is 3.34. The Hall–Kier alpha value is -0.830. The molecule has 0 aromatic carbocycles. The highest BCUT2D eigenvalue weighted by molar-refractivity contribution is 5.88. The monoisotopic (exact) mass is 259 g/mol. The van der Waals surface area contributed by atoms with Crippen LogP contribution in [-0.2, 0) is 9.53 Å². The van der Waals surface area contributed by atoms with Crippen LogP contribution in [0.25, 0.3) is 0 Å². The molecule has 0 radical (unpaired) electrons. The van der Waals surface area contributed by atoms with Gasteiger partial charge in [-0.05, 0) is 52.3 Å². The fraction of sp³-hybridized carbons (Fsp3) is 0.812. The molecule has 3 nitrogen and oxygen atoms in total. The zero-order valence-corrected chi connectivity index (χ0v) is 11.7. The highest BCUT2D eigenvalue weighted by atomic mass is 16.5. The summed E-state index contributed by atoms with van der Waals surface area (Å²) in [4.78, 5) is 15.2. The summed E-state index contributed by atoms with van der Waals surface area (Å²) in [6, 6.07) is 0. The Kier molecular flexibility index (Phi) is 1.52. The average Bonchev–Trinajstić information content (AvgIpc) is 2.94. The predicted octanol–water partition coefficient (Wildman–Crippen LogP) is 2.12. The van der Waals surface area contributed by atoms with E-state index in [1.165, 1.54) is 19.3 Å². The molecule has 5 aliphatic rings. The molecule has 19 heavy (non-hydrogen) atoms. The van der Waals surface area contributed by atoms with Crippen LogP contribution in [0.2, 0.25) is 0 Å². The lowest BCUT2D eigenvalue weighted by Crippen LogP contribution is -2.80. The van der Waals surface area contributed by atoms with Crippen LogP contribution in [0.1, 0.15) is 39.0 Å². The molecule has 102 valence electrons. The van der Waals surface area contributed by atoms with Gasteiger partial charge in [-0.2, -0.15) is 0 Å². The number of hydrogen-bond donors (Lipinski definition) is 0. The number of likely N-dealkylation sites (tertiary alicyclic amines) is 1. The van der Waals surface area contributed by atoms with Crippen LogP contribution >= 0.6 is 0 Å². The third-order valence-electron chi connectivity index (χ3n) is 7.83. The van der Waals surface area contributed by atoms with E-state index in [1.807, 2.05) is 6.26 Å². The number of Topliss-reactive ketones (excluding diaryl/α,β-unsaturated/α-hetero) is 1. The molecule has 1 saturated heterocycles. The van der Waals surface area contributed by atoms with Crippen molar-refractivity contribution in [3.05, 3.63) is 12.3 Å². The maximum Gasteiger partial charge on any atom is 0.140 e. The Morgan fingerprint density at radius 2 is 2.16 bits per heavy atom.